The molecular weight excluding hydrogens is 357 g/mol. The molecule has 0 aliphatic carbocycles. The lowest BCUT2D eigenvalue weighted by Crippen LogP contribution is -2.46. The van der Waals surface area contributed by atoms with Gasteiger partial charge in [0.05, 0.1) is 13.3 Å². The number of alkyl halides is 2. The average molecular weight is 372 g/mol. The van der Waals surface area contributed by atoms with Crippen molar-refractivity contribution in [3.8, 4) is 0 Å². The topological polar surface area (TPSA) is 151 Å². The molecule has 136 valence electrons. The van der Waals surface area contributed by atoms with E-state index in [-0.39, 0.29) is 0 Å². The highest BCUT2D eigenvalue weighted by molar-refractivity contribution is 7.46. The maximum Gasteiger partial charge on any atom is 0.469 e. The van der Waals surface area contributed by atoms with Crippen molar-refractivity contribution in [1.82, 2.24) is 9.55 Å². The lowest BCUT2D eigenvalue weighted by Gasteiger charge is -2.30. The number of halogens is 2. The first kappa shape index (κ1) is 18.9. The summed E-state index contributed by atoms with van der Waals surface area (Å²) in [5.41, 5.74) is -3.89. The highest BCUT2D eigenvalue weighted by Crippen LogP contribution is 2.45. The van der Waals surface area contributed by atoms with Crippen LogP contribution in [-0.4, -0.2) is 55.6 Å². The number of hydrogen-bond donors (Lipinski definition) is 4. The van der Waals surface area contributed by atoms with Crippen molar-refractivity contribution in [1.29, 1.82) is 0 Å². The molecule has 1 aliphatic heterocycles. The molecular formula is C11H15F2N2O8P. The van der Waals surface area contributed by atoms with E-state index >= 15 is 0 Å². The first-order chi connectivity index (χ1) is 11.1. The summed E-state index contributed by atoms with van der Waals surface area (Å²) in [6, 6.07) is 0.908. The molecule has 0 aromatic carbocycles. The van der Waals surface area contributed by atoms with E-state index in [0.29, 0.717) is 4.57 Å². The molecule has 4 atom stereocenters. The van der Waals surface area contributed by atoms with Crippen LogP contribution >= 0.6 is 7.82 Å². The molecule has 0 amide bonds. The van der Waals surface area contributed by atoms with Crippen molar-refractivity contribution in [2.75, 3.05) is 13.3 Å². The van der Waals surface area contributed by atoms with Gasteiger partial charge in [-0.15, -0.1) is 0 Å². The maximum absolute atomic E-state index is 14.4. The minimum Gasteiger partial charge on any atom is -0.387 e. The summed E-state index contributed by atoms with van der Waals surface area (Å²) >= 11 is 0. The molecule has 2 rings (SSSR count). The smallest absolute Gasteiger partial charge is 0.387 e. The zero-order valence-electron chi connectivity index (χ0n) is 12.0. The molecule has 1 aromatic heterocycles. The van der Waals surface area contributed by atoms with Gasteiger partial charge in [-0.25, -0.2) is 13.8 Å². The third-order valence-corrected chi connectivity index (χ3v) is 4.05. The minimum absolute atomic E-state index is 0.632. The zero-order valence-corrected chi connectivity index (χ0v) is 12.9. The predicted octanol–water partition coefficient (Wildman–Crippen LogP) is -1.03. The van der Waals surface area contributed by atoms with Crippen molar-refractivity contribution >= 4 is 7.82 Å². The molecule has 0 bridgehead atoms. The number of phosphoric acid groups is 1. The SMILES string of the molecule is O=c1ccn([C@@H]2O[C@](CCF)(COP(=O)(O)O)[C@@H](O)[C@H]2F)c(=O)[nH]1. The lowest BCUT2D eigenvalue weighted by atomic mass is 9.93. The van der Waals surface area contributed by atoms with E-state index in [0.717, 1.165) is 12.3 Å². The van der Waals surface area contributed by atoms with Crippen LogP contribution in [0, 0.1) is 0 Å². The Morgan fingerprint density at radius 2 is 2.12 bits per heavy atom. The third kappa shape index (κ3) is 3.79. The molecule has 2 heterocycles. The van der Waals surface area contributed by atoms with Crippen LogP contribution in [-0.2, 0) is 13.8 Å². The number of nitrogens with one attached hydrogen (secondary N) is 1. The molecule has 0 radical (unpaired) electrons. The van der Waals surface area contributed by atoms with Crippen molar-refractivity contribution < 1.29 is 37.5 Å². The number of aromatic amines is 1. The van der Waals surface area contributed by atoms with E-state index in [1.807, 2.05) is 4.98 Å². The quantitative estimate of drug-likeness (QED) is 0.463. The Kier molecular flexibility index (Phi) is 5.37. The van der Waals surface area contributed by atoms with Crippen molar-refractivity contribution in [2.45, 2.75) is 30.5 Å². The highest BCUT2D eigenvalue weighted by atomic mass is 31.2. The molecule has 1 fully saturated rings. The Hall–Kier alpha value is -1.43. The number of rotatable bonds is 6. The fourth-order valence-corrected chi connectivity index (χ4v) is 2.80. The van der Waals surface area contributed by atoms with Gasteiger partial charge in [-0.3, -0.25) is 23.3 Å². The molecule has 1 aliphatic rings. The van der Waals surface area contributed by atoms with Gasteiger partial charge in [-0.2, -0.15) is 0 Å². The Morgan fingerprint density at radius 1 is 1.46 bits per heavy atom. The number of nitrogens with zero attached hydrogens (tertiary/aromatic N) is 1. The second-order valence-electron chi connectivity index (χ2n) is 5.18. The van der Waals surface area contributed by atoms with E-state index in [4.69, 9.17) is 14.5 Å². The predicted molar refractivity (Wildman–Crippen MR) is 73.7 cm³/mol. The summed E-state index contributed by atoms with van der Waals surface area (Å²) in [5, 5.41) is 10.0. The van der Waals surface area contributed by atoms with Gasteiger partial charge >= 0.3 is 13.5 Å². The summed E-state index contributed by atoms with van der Waals surface area (Å²) in [7, 11) is -4.99. The standard InChI is InChI=1S/C11H15F2N2O8P/c12-3-2-11(5-22-24(19,20)21)8(17)7(13)9(23-11)15-4-1-6(16)14-10(15)18/h1,4,7-9,17H,2-3,5H2,(H,14,16,18)(H2,19,20,21)/t7-,8+,9-,11-/m1/s1. The van der Waals surface area contributed by atoms with Crippen molar-refractivity contribution in [3.63, 3.8) is 0 Å². The first-order valence-corrected chi connectivity index (χ1v) is 8.20. The molecule has 1 aromatic rings. The highest BCUT2D eigenvalue weighted by Gasteiger charge is 2.56. The fraction of sp³-hybridized carbons (Fsp3) is 0.636. The monoisotopic (exact) mass is 372 g/mol. The van der Waals surface area contributed by atoms with E-state index in [9.17, 15) is 28.0 Å². The molecule has 13 heteroatoms. The summed E-state index contributed by atoms with van der Waals surface area (Å²) in [6.07, 6.45) is -5.72. The maximum atomic E-state index is 14.4. The fourth-order valence-electron chi connectivity index (χ4n) is 2.41. The van der Waals surface area contributed by atoms with E-state index in [2.05, 4.69) is 4.52 Å². The molecule has 0 unspecified atom stereocenters. The molecule has 10 nitrogen and oxygen atoms in total. The number of phosphoric ester groups is 1. The van der Waals surface area contributed by atoms with Crippen LogP contribution in [0.5, 0.6) is 0 Å². The van der Waals surface area contributed by atoms with Gasteiger partial charge in [-0.1, -0.05) is 0 Å². The Morgan fingerprint density at radius 3 is 2.67 bits per heavy atom. The van der Waals surface area contributed by atoms with E-state index in [1.165, 1.54) is 0 Å². The Balaban J connectivity index is 2.36. The number of aromatic nitrogens is 2. The third-order valence-electron chi connectivity index (χ3n) is 3.59. The molecule has 4 N–H and O–H groups in total. The van der Waals surface area contributed by atoms with Gasteiger partial charge in [0.25, 0.3) is 5.56 Å². The summed E-state index contributed by atoms with van der Waals surface area (Å²) in [5.74, 6) is 0. The Labute approximate surface area is 132 Å². The van der Waals surface area contributed by atoms with Crippen LogP contribution in [0.2, 0.25) is 0 Å². The van der Waals surface area contributed by atoms with Gasteiger partial charge in [0.1, 0.15) is 11.7 Å². The number of aliphatic hydroxyl groups is 1. The number of H-pyrrole nitrogens is 1. The number of ether oxygens (including phenoxy) is 1. The normalized spacial score (nSPS) is 30.6. The second-order valence-corrected chi connectivity index (χ2v) is 6.42. The van der Waals surface area contributed by atoms with Crippen molar-refractivity contribution in [3.05, 3.63) is 33.1 Å². The summed E-state index contributed by atoms with van der Waals surface area (Å²) in [4.78, 5) is 42.1. The average Bonchev–Trinajstić information content (AvgIpc) is 2.71. The first-order valence-electron chi connectivity index (χ1n) is 6.67. The molecule has 0 spiro atoms. The van der Waals surface area contributed by atoms with Gasteiger partial charge in [0.2, 0.25) is 0 Å². The second kappa shape index (κ2) is 6.82. The van der Waals surface area contributed by atoms with Crippen LogP contribution in [0.3, 0.4) is 0 Å². The van der Waals surface area contributed by atoms with E-state index < -0.39 is 62.9 Å². The van der Waals surface area contributed by atoms with E-state index in [1.54, 1.807) is 0 Å². The number of hydrogen-bond acceptors (Lipinski definition) is 6. The summed E-state index contributed by atoms with van der Waals surface area (Å²) in [6.45, 7) is -2.11. The lowest BCUT2D eigenvalue weighted by molar-refractivity contribution is -0.132. The van der Waals surface area contributed by atoms with Gasteiger partial charge < -0.3 is 19.6 Å². The Bertz CT molecular complexity index is 748. The zero-order chi connectivity index (χ0) is 18.1. The molecule has 1 saturated heterocycles. The number of aliphatic hydroxyl groups excluding tert-OH is 1. The van der Waals surface area contributed by atoms with Gasteiger partial charge in [0, 0.05) is 18.7 Å². The van der Waals surface area contributed by atoms with Crippen LogP contribution in [0.4, 0.5) is 8.78 Å². The van der Waals surface area contributed by atoms with Crippen LogP contribution < -0.4 is 11.2 Å². The van der Waals surface area contributed by atoms with Gasteiger partial charge in [0.15, 0.2) is 12.4 Å². The van der Waals surface area contributed by atoms with Gasteiger partial charge in [-0.05, 0) is 0 Å². The molecule has 24 heavy (non-hydrogen) atoms. The van der Waals surface area contributed by atoms with Crippen LogP contribution in [0.25, 0.3) is 0 Å². The largest absolute Gasteiger partial charge is 0.469 e. The van der Waals surface area contributed by atoms with Crippen LogP contribution in [0.15, 0.2) is 21.9 Å². The summed E-state index contributed by atoms with van der Waals surface area (Å²) < 4.78 is 48.1. The van der Waals surface area contributed by atoms with Crippen LogP contribution in [0.1, 0.15) is 12.6 Å². The molecule has 0 saturated carbocycles. The van der Waals surface area contributed by atoms with Crippen molar-refractivity contribution in [2.24, 2.45) is 0 Å². The minimum atomic E-state index is -4.99.